The summed E-state index contributed by atoms with van der Waals surface area (Å²) in [4.78, 5) is 26.8. The van der Waals surface area contributed by atoms with Crippen molar-refractivity contribution in [3.8, 4) is 0 Å². The molecule has 0 unspecified atom stereocenters. The Balaban J connectivity index is 2.06. The minimum absolute atomic E-state index is 0.0196. The molecule has 3 rings (SSSR count). The second-order valence-corrected chi connectivity index (χ2v) is 7.52. The molecule has 1 aromatic rings. The highest BCUT2D eigenvalue weighted by Crippen LogP contribution is 2.46. The molecular formula is C19H25FN2O2. The lowest BCUT2D eigenvalue weighted by atomic mass is 9.88. The number of carbonyl (C=O) groups excluding carboxylic acids is 2. The van der Waals surface area contributed by atoms with Crippen LogP contribution in [0.2, 0.25) is 0 Å². The van der Waals surface area contributed by atoms with Gasteiger partial charge in [-0.25, -0.2) is 4.39 Å². The van der Waals surface area contributed by atoms with Crippen LogP contribution in [0.1, 0.15) is 58.1 Å². The smallest absolute Gasteiger partial charge is 0.225 e. The predicted octanol–water partition coefficient (Wildman–Crippen LogP) is 3.18. The molecule has 2 fully saturated rings. The molecule has 2 amide bonds. The van der Waals surface area contributed by atoms with Crippen LogP contribution in [0.5, 0.6) is 0 Å². The third-order valence-electron chi connectivity index (χ3n) is 5.34. The van der Waals surface area contributed by atoms with E-state index in [0.29, 0.717) is 18.4 Å². The van der Waals surface area contributed by atoms with Gasteiger partial charge in [0.05, 0.1) is 17.6 Å². The van der Waals surface area contributed by atoms with Gasteiger partial charge in [-0.05, 0) is 32.3 Å². The summed E-state index contributed by atoms with van der Waals surface area (Å²) in [6.07, 6.45) is 2.54. The van der Waals surface area contributed by atoms with Gasteiger partial charge in [-0.3, -0.25) is 9.59 Å². The highest BCUT2D eigenvalue weighted by molar-refractivity contribution is 5.81. The fraction of sp³-hybridized carbons (Fsp3) is 0.579. The number of carbonyl (C=O) groups is 2. The number of halogens is 1. The number of hydrogen-bond donors (Lipinski definition) is 1. The van der Waals surface area contributed by atoms with Crippen LogP contribution in [0.25, 0.3) is 0 Å². The fourth-order valence-corrected chi connectivity index (χ4v) is 4.20. The van der Waals surface area contributed by atoms with Gasteiger partial charge in [-0.15, -0.1) is 0 Å². The molecular weight excluding hydrogens is 307 g/mol. The molecule has 0 bridgehead atoms. The Bertz CT molecular complexity index is 661. The van der Waals surface area contributed by atoms with Crippen LogP contribution in [0.15, 0.2) is 24.3 Å². The van der Waals surface area contributed by atoms with Crippen LogP contribution >= 0.6 is 0 Å². The topological polar surface area (TPSA) is 49.4 Å². The highest BCUT2D eigenvalue weighted by atomic mass is 19.1. The molecule has 0 saturated carbocycles. The van der Waals surface area contributed by atoms with Crippen LogP contribution in [0.3, 0.4) is 0 Å². The first-order chi connectivity index (χ1) is 11.3. The van der Waals surface area contributed by atoms with Crippen LogP contribution in [-0.2, 0) is 9.59 Å². The zero-order chi connectivity index (χ0) is 17.5. The van der Waals surface area contributed by atoms with Crippen LogP contribution in [0, 0.1) is 11.7 Å². The first-order valence-electron chi connectivity index (χ1n) is 8.71. The summed E-state index contributed by atoms with van der Waals surface area (Å²) in [6.45, 7) is 5.72. The van der Waals surface area contributed by atoms with Gasteiger partial charge in [0.25, 0.3) is 0 Å². The maximum atomic E-state index is 14.4. The second-order valence-electron chi connectivity index (χ2n) is 7.52. The summed E-state index contributed by atoms with van der Waals surface area (Å²) in [5, 5.41) is 3.10. The summed E-state index contributed by atoms with van der Waals surface area (Å²) in [6, 6.07) is 6.20. The molecule has 0 radical (unpaired) electrons. The molecule has 2 saturated heterocycles. The zero-order valence-corrected chi connectivity index (χ0v) is 14.5. The summed E-state index contributed by atoms with van der Waals surface area (Å²) in [5.41, 5.74) is 0.0282. The first-order valence-corrected chi connectivity index (χ1v) is 8.71. The average molecular weight is 332 g/mol. The van der Waals surface area contributed by atoms with E-state index in [0.717, 1.165) is 12.8 Å². The molecule has 0 aliphatic carbocycles. The second kappa shape index (κ2) is 6.19. The van der Waals surface area contributed by atoms with E-state index < -0.39 is 5.54 Å². The number of fused-ring (bicyclic) bond motifs is 1. The van der Waals surface area contributed by atoms with E-state index in [4.69, 9.17) is 0 Å². The number of rotatable bonds is 2. The standard InChI is InChI=1S/C19H25FN2O2/c1-12(2)18(24)22-15(13-7-4-5-8-14(13)20)11-19(3)16(22)9-6-10-17(23)21-19/h4-5,7-8,12,15-16H,6,9-11H2,1-3H3,(H,21,23)/t15-,16-,19-/m0/s1. The molecule has 3 atom stereocenters. The number of nitrogens with one attached hydrogen (secondary N) is 1. The van der Waals surface area contributed by atoms with Crippen LogP contribution in [0.4, 0.5) is 4.39 Å². The molecule has 130 valence electrons. The number of likely N-dealkylation sites (tertiary alicyclic amines) is 1. The minimum Gasteiger partial charge on any atom is -0.349 e. The van der Waals surface area contributed by atoms with Crippen molar-refractivity contribution in [2.24, 2.45) is 5.92 Å². The molecule has 2 heterocycles. The van der Waals surface area contributed by atoms with E-state index in [1.165, 1.54) is 6.07 Å². The van der Waals surface area contributed by atoms with Gasteiger partial charge in [-0.1, -0.05) is 32.0 Å². The molecule has 5 heteroatoms. The van der Waals surface area contributed by atoms with Crippen molar-refractivity contribution in [3.63, 3.8) is 0 Å². The number of hydrogen-bond acceptors (Lipinski definition) is 2. The maximum absolute atomic E-state index is 14.4. The molecule has 0 spiro atoms. The average Bonchev–Trinajstić information content (AvgIpc) is 2.70. The Morgan fingerprint density at radius 3 is 2.75 bits per heavy atom. The van der Waals surface area contributed by atoms with Crippen LogP contribution in [-0.4, -0.2) is 28.3 Å². The third-order valence-corrected chi connectivity index (χ3v) is 5.34. The van der Waals surface area contributed by atoms with E-state index in [9.17, 15) is 14.0 Å². The molecule has 1 aromatic carbocycles. The third kappa shape index (κ3) is 2.80. The lowest BCUT2D eigenvalue weighted by Crippen LogP contribution is -2.54. The van der Waals surface area contributed by atoms with E-state index in [1.54, 1.807) is 18.2 Å². The Morgan fingerprint density at radius 1 is 1.38 bits per heavy atom. The summed E-state index contributed by atoms with van der Waals surface area (Å²) in [5.74, 6) is -0.421. The molecule has 1 N–H and O–H groups in total. The van der Waals surface area contributed by atoms with E-state index in [2.05, 4.69) is 5.32 Å². The maximum Gasteiger partial charge on any atom is 0.225 e. The zero-order valence-electron chi connectivity index (χ0n) is 14.5. The summed E-state index contributed by atoms with van der Waals surface area (Å²) >= 11 is 0. The Morgan fingerprint density at radius 2 is 2.08 bits per heavy atom. The molecule has 2 aliphatic rings. The minimum atomic E-state index is -0.509. The molecule has 2 aliphatic heterocycles. The van der Waals surface area contributed by atoms with Gasteiger partial charge in [0.15, 0.2) is 0 Å². The van der Waals surface area contributed by atoms with Crippen molar-refractivity contribution in [1.82, 2.24) is 10.2 Å². The van der Waals surface area contributed by atoms with Crippen molar-refractivity contribution in [2.75, 3.05) is 0 Å². The normalized spacial score (nSPS) is 30.0. The van der Waals surface area contributed by atoms with E-state index in [1.807, 2.05) is 25.7 Å². The molecule has 24 heavy (non-hydrogen) atoms. The van der Waals surface area contributed by atoms with Crippen molar-refractivity contribution < 1.29 is 14.0 Å². The lowest BCUT2D eigenvalue weighted by Gasteiger charge is -2.36. The van der Waals surface area contributed by atoms with Gasteiger partial charge in [0, 0.05) is 17.9 Å². The fourth-order valence-electron chi connectivity index (χ4n) is 4.20. The van der Waals surface area contributed by atoms with Gasteiger partial charge >= 0.3 is 0 Å². The van der Waals surface area contributed by atoms with Gasteiger partial charge in [-0.2, -0.15) is 0 Å². The quantitative estimate of drug-likeness (QED) is 0.904. The predicted molar refractivity (Wildman–Crippen MR) is 89.6 cm³/mol. The van der Waals surface area contributed by atoms with E-state index >= 15 is 0 Å². The monoisotopic (exact) mass is 332 g/mol. The molecule has 4 nitrogen and oxygen atoms in total. The first kappa shape index (κ1) is 16.9. The Labute approximate surface area is 142 Å². The van der Waals surface area contributed by atoms with Gasteiger partial charge < -0.3 is 10.2 Å². The summed E-state index contributed by atoms with van der Waals surface area (Å²) in [7, 11) is 0. The van der Waals surface area contributed by atoms with Crippen molar-refractivity contribution >= 4 is 11.8 Å². The number of amides is 2. The largest absolute Gasteiger partial charge is 0.349 e. The highest BCUT2D eigenvalue weighted by Gasteiger charge is 2.53. The van der Waals surface area contributed by atoms with Crippen molar-refractivity contribution in [2.45, 2.75) is 64.1 Å². The summed E-state index contributed by atoms with van der Waals surface area (Å²) < 4.78 is 14.4. The number of benzene rings is 1. The van der Waals surface area contributed by atoms with Crippen molar-refractivity contribution in [3.05, 3.63) is 35.6 Å². The number of nitrogens with zero attached hydrogens (tertiary/aromatic N) is 1. The Kier molecular flexibility index (Phi) is 4.37. The van der Waals surface area contributed by atoms with E-state index in [-0.39, 0.29) is 35.6 Å². The molecule has 0 aromatic heterocycles. The van der Waals surface area contributed by atoms with Gasteiger partial charge in [0.1, 0.15) is 5.82 Å². The lowest BCUT2D eigenvalue weighted by molar-refractivity contribution is -0.138. The SMILES string of the molecule is CC(C)C(=O)N1[C@H]2CCCC(=O)N[C@@]2(C)C[C@H]1c1ccccc1F. The Hall–Kier alpha value is -1.91. The van der Waals surface area contributed by atoms with Crippen molar-refractivity contribution in [1.29, 1.82) is 0 Å². The van der Waals surface area contributed by atoms with Gasteiger partial charge in [0.2, 0.25) is 11.8 Å². The van der Waals surface area contributed by atoms with Crippen LogP contribution < -0.4 is 5.32 Å².